The zero-order valence-electron chi connectivity index (χ0n) is 68.2. The molecule has 6 heterocycles. The van der Waals surface area contributed by atoms with Crippen molar-refractivity contribution >= 4 is 296 Å². The summed E-state index contributed by atoms with van der Waals surface area (Å²) in [5.74, 6) is -12.1. The van der Waals surface area contributed by atoms with E-state index in [1.807, 2.05) is 82.4 Å². The van der Waals surface area contributed by atoms with Crippen molar-refractivity contribution < 1.29 is 85.9 Å². The number of halogens is 18. The highest BCUT2D eigenvalue weighted by molar-refractivity contribution is 6.75. The van der Waals surface area contributed by atoms with Gasteiger partial charge >= 0.3 is 0 Å². The number of benzene rings is 2. The van der Waals surface area contributed by atoms with Crippen molar-refractivity contribution in [1.29, 1.82) is 0 Å². The van der Waals surface area contributed by atoms with E-state index in [0.29, 0.717) is 21.3 Å². The molecule has 15 aliphatic rings. The summed E-state index contributed by atoms with van der Waals surface area (Å²) in [4.78, 5) is 159. The number of nitrogens with zero attached hydrogens (tertiary/aromatic N) is 6. The lowest BCUT2D eigenvalue weighted by Crippen LogP contribution is -2.53. The molecule has 6 aliphatic heterocycles. The highest BCUT2D eigenvalue weighted by Crippen LogP contribution is 2.80. The molecule has 17 rings (SSSR count). The average Bonchev–Trinajstić information content (AvgIpc) is 1.48. The zero-order valence-corrected chi connectivity index (χ0v) is 83.9. The second-order valence-corrected chi connectivity index (χ2v) is 56.1. The number of alkyl halides is 18. The van der Waals surface area contributed by atoms with E-state index >= 15 is 0 Å². The highest BCUT2D eigenvalue weighted by atomic mass is 35.5. The summed E-state index contributed by atoms with van der Waals surface area (Å²) in [6, 6.07) is 18.6. The van der Waals surface area contributed by atoms with Crippen LogP contribution in [0, 0.1) is 59.2 Å². The SMILES string of the molecule is CC(C)(C)[Si](C)(C)ON1C(=O)C2C(C1=O)C1(Cl)C(Cl)C(Cl)C2(Cl)C1(Cl)Cl.CC(C)(C)[Si](C)(C)ON1C(=O)C2CCCCC2C1=O.CON1C(=O)C2=C(CCCC2)C1=O.CON1C(=O)C2C(C1=O)C1(Cl)C(Cl)C(Cl)C2(Cl)C1(Cl)Cl.O=C1C2C(C(=O)N1OCc1ccccc1)C1(Cl)C(Cl)C(Cl)C2(Cl)C1(Cl)Cl.O=C1C2CCCCC2C(=O)N1OCc1ccccc1. The number of fused-ring (bicyclic) bond motifs is 17. The van der Waals surface area contributed by atoms with Gasteiger partial charge in [0.15, 0.2) is 13.0 Å². The van der Waals surface area contributed by atoms with Gasteiger partial charge in [0, 0.05) is 11.1 Å². The van der Waals surface area contributed by atoms with Crippen LogP contribution in [0.3, 0.4) is 0 Å². The first-order valence-electron chi connectivity index (χ1n) is 39.7. The van der Waals surface area contributed by atoms with Crippen molar-refractivity contribution in [2.24, 2.45) is 59.2 Å². The maximum absolute atomic E-state index is 13.1. The molecule has 0 radical (unpaired) electrons. The molecule has 22 unspecified atom stereocenters. The van der Waals surface area contributed by atoms with Gasteiger partial charge in [-0.2, -0.15) is 25.3 Å². The minimum Gasteiger partial charge on any atom is -0.310 e. The second-order valence-electron chi connectivity index (χ2n) is 36.1. The Balaban J connectivity index is 0.000000136. The molecule has 5 saturated heterocycles. The Hall–Kier alpha value is -1.57. The van der Waals surface area contributed by atoms with E-state index < -0.39 is 162 Å². The lowest BCUT2D eigenvalue weighted by molar-refractivity contribution is -0.194. The number of hydrogen-bond donors (Lipinski definition) is 0. The Morgan fingerprint density at radius 2 is 0.545 bits per heavy atom. The fraction of sp³-hybridized carbons (Fsp3) is 0.671. The molecular weight excluding hydrogens is 2020 g/mol. The lowest BCUT2D eigenvalue weighted by atomic mass is 9.79. The van der Waals surface area contributed by atoms with E-state index in [0.717, 1.165) is 108 Å². The summed E-state index contributed by atoms with van der Waals surface area (Å²) in [6.07, 6.45) is 10.9. The molecule has 2 aromatic rings. The highest BCUT2D eigenvalue weighted by Gasteiger charge is 2.94. The normalized spacial score (nSPS) is 38.2. The van der Waals surface area contributed by atoms with Crippen LogP contribution in [0.25, 0.3) is 0 Å². The first-order valence-corrected chi connectivity index (χ1v) is 52.7. The maximum atomic E-state index is 13.1. The standard InChI is InChI=1S/C16H11Cl6NO3.C15H19Cl6NO3Si.C15H17NO3.C14H25NO3Si.C10H7Cl6NO3.C9H11NO3/c17-10-11(18)15(20)9-8(14(10,19)16(15,21)22)12(24)23(13(9)25)26-6-7-4-2-1-3-5-7;1-12(2,3)26(4,5)25-22-10(23)6-7(11(22)24)14(19)9(17)8(16)13(6,18)15(14,20)21;17-14-12-8-4-5-9-13(12)15(18)16(14)19-10-11-6-2-1-3-7-11;1-14(2,3)19(4,5)18-15-12(16)10-8-6-7-9-11(10)13(15)17;1-20-17-6(18)2-3(7(17)19)9(14)5(12)4(11)8(2,13)10(9,15)16;1-13-10-8(11)6-4-2-3-5-7(6)9(10)12/h1-5,8-11H,6H2;6-9H,1-5H3;1-3,6-7,12-13H,4-5,8-10H2;10-11H,6-9H2,1-5H3;2-5H,1H3;2-5H2,1H3. The summed E-state index contributed by atoms with van der Waals surface area (Å²) in [5.41, 5.74) is 3.07. The predicted octanol–water partition coefficient (Wildman–Crippen LogP) is 17.7. The van der Waals surface area contributed by atoms with Gasteiger partial charge in [-0.05, 0) is 98.8 Å². The smallest absolute Gasteiger partial charge is 0.281 e. The van der Waals surface area contributed by atoms with Crippen molar-refractivity contribution in [3.05, 3.63) is 82.9 Å². The van der Waals surface area contributed by atoms with Gasteiger partial charge in [0.2, 0.25) is 16.6 Å². The molecule has 2 aromatic carbocycles. The van der Waals surface area contributed by atoms with Crippen LogP contribution in [-0.2, 0) is 99.2 Å². The Kier molecular flexibility index (Phi) is 28.9. The van der Waals surface area contributed by atoms with Crippen LogP contribution in [0.4, 0.5) is 0 Å². The Labute approximate surface area is 804 Å². The molecule has 24 nitrogen and oxygen atoms in total. The predicted molar refractivity (Wildman–Crippen MR) is 474 cm³/mol. The summed E-state index contributed by atoms with van der Waals surface area (Å²) in [5, 5.41) is -1.14. The van der Waals surface area contributed by atoms with Crippen molar-refractivity contribution in [3.8, 4) is 0 Å². The van der Waals surface area contributed by atoms with E-state index in [1.54, 1.807) is 12.1 Å². The third kappa shape index (κ3) is 15.0. The van der Waals surface area contributed by atoms with Gasteiger partial charge in [-0.25, -0.2) is 0 Å². The molecule has 44 heteroatoms. The number of imide groups is 6. The molecule has 6 bridgehead atoms. The van der Waals surface area contributed by atoms with Crippen LogP contribution >= 0.6 is 209 Å². The van der Waals surface area contributed by atoms with Gasteiger partial charge in [0.05, 0.1) is 106 Å². The van der Waals surface area contributed by atoms with Gasteiger partial charge in [0.25, 0.3) is 70.9 Å². The molecule has 8 saturated carbocycles. The monoisotopic (exact) mass is 2100 g/mol. The van der Waals surface area contributed by atoms with Gasteiger partial charge in [-0.15, -0.1) is 144 Å². The van der Waals surface area contributed by atoms with E-state index in [9.17, 15) is 57.5 Å². The van der Waals surface area contributed by atoms with Gasteiger partial charge in [0.1, 0.15) is 42.5 Å². The minimum atomic E-state index is -2.48. The van der Waals surface area contributed by atoms with Crippen LogP contribution in [0.1, 0.15) is 130 Å². The van der Waals surface area contributed by atoms with Crippen LogP contribution in [0.15, 0.2) is 71.8 Å². The number of hydroxylamine groups is 12. The largest absolute Gasteiger partial charge is 0.310 e. The fourth-order valence-corrected chi connectivity index (χ4v) is 30.6. The van der Waals surface area contributed by atoms with E-state index in [1.165, 1.54) is 14.2 Å². The minimum absolute atomic E-state index is 0.0126. The number of carbonyl (C=O) groups is 12. The Morgan fingerprint density at radius 1 is 0.325 bits per heavy atom. The molecule has 0 aromatic heterocycles. The van der Waals surface area contributed by atoms with Crippen molar-refractivity contribution in [3.63, 3.8) is 0 Å². The number of rotatable bonds is 12. The molecule has 9 aliphatic carbocycles. The number of amides is 12. The van der Waals surface area contributed by atoms with Gasteiger partial charge in [-0.1, -0.05) is 197 Å². The molecular formula is C79H90Cl18N6O18Si2. The first-order chi connectivity index (χ1) is 56.8. The first kappa shape index (κ1) is 100. The topological polar surface area (TPSA) is 280 Å². The van der Waals surface area contributed by atoms with Crippen LogP contribution in [0.2, 0.25) is 36.3 Å². The number of carbonyl (C=O) groups excluding carboxylic acids is 12. The van der Waals surface area contributed by atoms with E-state index in [-0.39, 0.29) is 82.4 Å². The number of hydrogen-bond acceptors (Lipinski definition) is 18. The third-order valence-electron chi connectivity index (χ3n) is 27.6. The Morgan fingerprint density at radius 3 is 0.789 bits per heavy atom. The summed E-state index contributed by atoms with van der Waals surface area (Å²) in [6.45, 7) is 20.6. The van der Waals surface area contributed by atoms with Crippen molar-refractivity contribution in [2.75, 3.05) is 14.2 Å². The summed E-state index contributed by atoms with van der Waals surface area (Å²) < 4.78 is 6.36. The van der Waals surface area contributed by atoms with E-state index in [2.05, 4.69) is 33.9 Å². The molecule has 22 atom stereocenters. The summed E-state index contributed by atoms with van der Waals surface area (Å²) >= 11 is 116. The molecule has 678 valence electrons. The van der Waals surface area contributed by atoms with Crippen molar-refractivity contribution in [1.82, 2.24) is 30.4 Å². The van der Waals surface area contributed by atoms with Crippen LogP contribution in [-0.4, -0.2) is 207 Å². The molecule has 0 N–H and O–H groups in total. The van der Waals surface area contributed by atoms with Gasteiger partial charge in [-0.3, -0.25) is 76.9 Å². The molecule has 123 heavy (non-hydrogen) atoms. The zero-order chi connectivity index (χ0) is 91.7. The average molecular weight is 2110 g/mol. The van der Waals surface area contributed by atoms with Crippen LogP contribution in [0.5, 0.6) is 0 Å². The molecule has 12 amide bonds. The third-order valence-corrected chi connectivity index (χ3v) is 50.1. The maximum Gasteiger partial charge on any atom is 0.281 e. The van der Waals surface area contributed by atoms with Crippen molar-refractivity contribution in [2.45, 2.75) is 243 Å². The van der Waals surface area contributed by atoms with Crippen LogP contribution < -0.4 is 0 Å². The fourth-order valence-electron chi connectivity index (χ4n) is 18.8. The lowest BCUT2D eigenvalue weighted by Gasteiger charge is -2.39. The second kappa shape index (κ2) is 35.4. The molecule has 0 spiro atoms. The Bertz CT molecular complexity index is 4470. The molecule has 13 fully saturated rings. The summed E-state index contributed by atoms with van der Waals surface area (Å²) in [7, 11) is -2.08. The van der Waals surface area contributed by atoms with E-state index in [4.69, 9.17) is 237 Å². The quantitative estimate of drug-likeness (QED) is 0.108. The van der Waals surface area contributed by atoms with Gasteiger partial charge < -0.3 is 9.05 Å².